The van der Waals surface area contributed by atoms with Crippen molar-refractivity contribution in [3.8, 4) is 17.2 Å². The van der Waals surface area contributed by atoms with Gasteiger partial charge in [-0.3, -0.25) is 0 Å². The summed E-state index contributed by atoms with van der Waals surface area (Å²) in [4.78, 5) is 0. The molecule has 4 heteroatoms. The largest absolute Gasteiger partial charge is 0.497 e. The van der Waals surface area contributed by atoms with E-state index >= 15 is 0 Å². The molecular formula is C17H19NO3. The van der Waals surface area contributed by atoms with E-state index in [9.17, 15) is 0 Å². The van der Waals surface area contributed by atoms with Gasteiger partial charge >= 0.3 is 0 Å². The molecule has 2 aromatic rings. The number of fused-ring (bicyclic) bond motifs is 1. The van der Waals surface area contributed by atoms with Gasteiger partial charge in [-0.25, -0.2) is 0 Å². The number of hydrogen-bond donors (Lipinski definition) is 1. The maximum atomic E-state index is 6.30. The van der Waals surface area contributed by atoms with Gasteiger partial charge in [0.15, 0.2) is 0 Å². The predicted molar refractivity (Wildman–Crippen MR) is 80.9 cm³/mol. The summed E-state index contributed by atoms with van der Waals surface area (Å²) in [6, 6.07) is 13.6. The number of hydrogen-bond acceptors (Lipinski definition) is 4. The normalized spacial score (nSPS) is 20.3. The van der Waals surface area contributed by atoms with Gasteiger partial charge in [0.05, 0.1) is 14.2 Å². The first-order valence-electron chi connectivity index (χ1n) is 6.95. The van der Waals surface area contributed by atoms with Crippen LogP contribution in [0.15, 0.2) is 42.5 Å². The molecule has 0 bridgehead atoms. The van der Waals surface area contributed by atoms with Crippen molar-refractivity contribution in [3.63, 3.8) is 0 Å². The van der Waals surface area contributed by atoms with Gasteiger partial charge in [-0.15, -0.1) is 0 Å². The summed E-state index contributed by atoms with van der Waals surface area (Å²) < 4.78 is 16.6. The van der Waals surface area contributed by atoms with Gasteiger partial charge in [-0.05, 0) is 35.9 Å². The van der Waals surface area contributed by atoms with Gasteiger partial charge < -0.3 is 19.9 Å². The lowest BCUT2D eigenvalue weighted by molar-refractivity contribution is 0.161. The van der Waals surface area contributed by atoms with Gasteiger partial charge in [-0.1, -0.05) is 12.1 Å². The summed E-state index contributed by atoms with van der Waals surface area (Å²) in [6.45, 7) is 0. The lowest BCUT2D eigenvalue weighted by Gasteiger charge is -2.31. The summed E-state index contributed by atoms with van der Waals surface area (Å²) in [5.74, 6) is 2.44. The smallest absolute Gasteiger partial charge is 0.126 e. The molecule has 2 atom stereocenters. The maximum absolute atomic E-state index is 6.30. The molecule has 21 heavy (non-hydrogen) atoms. The fourth-order valence-electron chi connectivity index (χ4n) is 2.66. The predicted octanol–water partition coefficient (Wildman–Crippen LogP) is 3.23. The first-order chi connectivity index (χ1) is 10.2. The molecule has 2 N–H and O–H groups in total. The number of nitrogens with two attached hydrogens (primary N) is 1. The summed E-state index contributed by atoms with van der Waals surface area (Å²) in [5.41, 5.74) is 8.37. The molecule has 2 unspecified atom stereocenters. The Hall–Kier alpha value is -2.20. The summed E-state index contributed by atoms with van der Waals surface area (Å²) >= 11 is 0. The van der Waals surface area contributed by atoms with Crippen molar-refractivity contribution < 1.29 is 14.2 Å². The second-order valence-corrected chi connectivity index (χ2v) is 5.13. The van der Waals surface area contributed by atoms with E-state index in [1.165, 1.54) is 0 Å². The average molecular weight is 285 g/mol. The molecule has 110 valence electrons. The zero-order valence-corrected chi connectivity index (χ0v) is 12.2. The van der Waals surface area contributed by atoms with Crippen molar-refractivity contribution in [2.75, 3.05) is 14.2 Å². The highest BCUT2D eigenvalue weighted by Crippen LogP contribution is 2.41. The molecule has 0 spiro atoms. The molecule has 0 aliphatic carbocycles. The van der Waals surface area contributed by atoms with E-state index in [2.05, 4.69) is 0 Å². The molecule has 0 saturated heterocycles. The fraction of sp³-hybridized carbons (Fsp3) is 0.294. The summed E-state index contributed by atoms with van der Waals surface area (Å²) in [6.07, 6.45) is 0.670. The molecule has 3 rings (SSSR count). The quantitative estimate of drug-likeness (QED) is 0.940. The fourth-order valence-corrected chi connectivity index (χ4v) is 2.66. The molecule has 0 radical (unpaired) electrons. The van der Waals surface area contributed by atoms with Crippen LogP contribution in [0.5, 0.6) is 17.2 Å². The van der Waals surface area contributed by atoms with Crippen LogP contribution >= 0.6 is 0 Å². The second-order valence-electron chi connectivity index (χ2n) is 5.13. The van der Waals surface area contributed by atoms with E-state index in [0.717, 1.165) is 34.8 Å². The maximum Gasteiger partial charge on any atom is 0.126 e. The summed E-state index contributed by atoms with van der Waals surface area (Å²) in [5, 5.41) is 0. The Balaban J connectivity index is 1.90. The van der Waals surface area contributed by atoms with Gasteiger partial charge in [0, 0.05) is 18.0 Å². The highest BCUT2D eigenvalue weighted by Gasteiger charge is 2.27. The van der Waals surface area contributed by atoms with Gasteiger partial charge in [0.25, 0.3) is 0 Å². The highest BCUT2D eigenvalue weighted by atomic mass is 16.5. The van der Waals surface area contributed by atoms with Crippen molar-refractivity contribution in [2.24, 2.45) is 5.73 Å². The van der Waals surface area contributed by atoms with Crippen molar-refractivity contribution >= 4 is 0 Å². The number of benzene rings is 2. The van der Waals surface area contributed by atoms with Crippen molar-refractivity contribution in [1.82, 2.24) is 0 Å². The minimum Gasteiger partial charge on any atom is -0.497 e. The zero-order valence-electron chi connectivity index (χ0n) is 12.2. The molecular weight excluding hydrogens is 266 g/mol. The minimum absolute atomic E-state index is 0.0593. The Morgan fingerprint density at radius 3 is 2.57 bits per heavy atom. The molecule has 1 heterocycles. The standard InChI is InChI=1S/C17H19NO3/c1-19-12-5-3-4-11(8-12)17-10-15(18)14-9-13(20-2)6-7-16(14)21-17/h3-9,15,17H,10,18H2,1-2H3. The zero-order chi connectivity index (χ0) is 14.8. The van der Waals surface area contributed by atoms with Gasteiger partial charge in [0.1, 0.15) is 23.4 Å². The average Bonchev–Trinajstić information content (AvgIpc) is 2.54. The number of methoxy groups -OCH3 is 2. The van der Waals surface area contributed by atoms with Crippen LogP contribution in [-0.4, -0.2) is 14.2 Å². The van der Waals surface area contributed by atoms with Crippen LogP contribution in [-0.2, 0) is 0 Å². The lowest BCUT2D eigenvalue weighted by Crippen LogP contribution is -2.24. The Bertz CT molecular complexity index is 642. The van der Waals surface area contributed by atoms with E-state index in [1.54, 1.807) is 14.2 Å². The Labute approximate surface area is 124 Å². The highest BCUT2D eigenvalue weighted by molar-refractivity contribution is 5.44. The minimum atomic E-state index is -0.0694. The van der Waals surface area contributed by atoms with Crippen molar-refractivity contribution in [3.05, 3.63) is 53.6 Å². The third-order valence-electron chi connectivity index (χ3n) is 3.82. The van der Waals surface area contributed by atoms with E-state index in [-0.39, 0.29) is 12.1 Å². The van der Waals surface area contributed by atoms with Gasteiger partial charge in [0.2, 0.25) is 0 Å². The third-order valence-corrected chi connectivity index (χ3v) is 3.82. The second kappa shape index (κ2) is 5.66. The van der Waals surface area contributed by atoms with Crippen molar-refractivity contribution in [2.45, 2.75) is 18.6 Å². The van der Waals surface area contributed by atoms with Crippen LogP contribution in [0.25, 0.3) is 0 Å². The topological polar surface area (TPSA) is 53.7 Å². The molecule has 0 fully saturated rings. The first kappa shape index (κ1) is 13.8. The lowest BCUT2D eigenvalue weighted by atomic mass is 9.93. The van der Waals surface area contributed by atoms with Crippen LogP contribution in [0.4, 0.5) is 0 Å². The summed E-state index contributed by atoms with van der Waals surface area (Å²) in [7, 11) is 3.31. The molecule has 0 amide bonds. The molecule has 0 saturated carbocycles. The third kappa shape index (κ3) is 2.67. The Morgan fingerprint density at radius 2 is 1.81 bits per heavy atom. The first-order valence-corrected chi connectivity index (χ1v) is 6.95. The molecule has 1 aliphatic rings. The Morgan fingerprint density at radius 1 is 1.05 bits per heavy atom. The van der Waals surface area contributed by atoms with E-state index < -0.39 is 0 Å². The molecule has 1 aliphatic heterocycles. The molecule has 4 nitrogen and oxygen atoms in total. The van der Waals surface area contributed by atoms with Gasteiger partial charge in [-0.2, -0.15) is 0 Å². The van der Waals surface area contributed by atoms with Crippen LogP contribution in [0.1, 0.15) is 29.7 Å². The number of rotatable bonds is 3. The van der Waals surface area contributed by atoms with Crippen LogP contribution in [0, 0.1) is 0 Å². The molecule has 2 aromatic carbocycles. The Kier molecular flexibility index (Phi) is 3.71. The van der Waals surface area contributed by atoms with Crippen LogP contribution < -0.4 is 19.9 Å². The van der Waals surface area contributed by atoms with Crippen molar-refractivity contribution in [1.29, 1.82) is 0 Å². The monoisotopic (exact) mass is 285 g/mol. The van der Waals surface area contributed by atoms with E-state index in [4.69, 9.17) is 19.9 Å². The van der Waals surface area contributed by atoms with Crippen LogP contribution in [0.3, 0.4) is 0 Å². The number of ether oxygens (including phenoxy) is 3. The van der Waals surface area contributed by atoms with E-state index in [1.807, 2.05) is 42.5 Å². The SMILES string of the molecule is COc1cccc(C2CC(N)c3cc(OC)ccc3O2)c1. The van der Waals surface area contributed by atoms with Crippen LogP contribution in [0.2, 0.25) is 0 Å². The van der Waals surface area contributed by atoms with E-state index in [0.29, 0.717) is 0 Å². The molecule has 0 aromatic heterocycles.